The first-order valence-corrected chi connectivity index (χ1v) is 8.10. The van der Waals surface area contributed by atoms with Gasteiger partial charge in [-0.05, 0) is 36.8 Å². The highest BCUT2D eigenvalue weighted by Crippen LogP contribution is 2.33. The Balaban J connectivity index is 1.82. The molecular weight excluding hydrogens is 322 g/mol. The molecule has 25 heavy (non-hydrogen) atoms. The van der Waals surface area contributed by atoms with Crippen molar-refractivity contribution in [2.24, 2.45) is 0 Å². The van der Waals surface area contributed by atoms with Crippen LogP contribution in [-0.4, -0.2) is 17.4 Å². The zero-order chi connectivity index (χ0) is 18.2. The summed E-state index contributed by atoms with van der Waals surface area (Å²) in [6.07, 6.45) is 0. The molecule has 1 amide bonds. The summed E-state index contributed by atoms with van der Waals surface area (Å²) in [5.41, 5.74) is 3.00. The van der Waals surface area contributed by atoms with Crippen LogP contribution >= 0.6 is 0 Å². The summed E-state index contributed by atoms with van der Waals surface area (Å²) >= 11 is 0. The van der Waals surface area contributed by atoms with Gasteiger partial charge in [0, 0.05) is 34.1 Å². The van der Waals surface area contributed by atoms with Crippen molar-refractivity contribution >= 4 is 16.8 Å². The van der Waals surface area contributed by atoms with E-state index in [0.29, 0.717) is 6.54 Å². The molecule has 0 bridgehead atoms. The van der Waals surface area contributed by atoms with Crippen LogP contribution in [0, 0.1) is 18.6 Å². The number of rotatable bonds is 4. The monoisotopic (exact) mass is 342 g/mol. The van der Waals surface area contributed by atoms with Gasteiger partial charge in [-0.2, -0.15) is 0 Å². The molecule has 0 radical (unpaired) electrons. The third-order valence-corrected chi connectivity index (χ3v) is 4.44. The smallest absolute Gasteiger partial charge is 0.251 e. The maximum absolute atomic E-state index is 13.3. The number of hydrogen-bond donors (Lipinski definition) is 2. The summed E-state index contributed by atoms with van der Waals surface area (Å²) < 4.78 is 26.3. The van der Waals surface area contributed by atoms with Crippen LogP contribution in [0.5, 0.6) is 0 Å². The fourth-order valence-electron chi connectivity index (χ4n) is 3.28. The zero-order valence-electron chi connectivity index (χ0n) is 14.4. The maximum Gasteiger partial charge on any atom is 0.251 e. The molecule has 0 aliphatic heterocycles. The minimum atomic E-state index is -1.03. The highest BCUT2D eigenvalue weighted by atomic mass is 19.2. The van der Waals surface area contributed by atoms with Crippen LogP contribution in [0.25, 0.3) is 10.9 Å². The number of benzene rings is 2. The molecule has 2 aromatic carbocycles. The van der Waals surface area contributed by atoms with Crippen molar-refractivity contribution in [1.29, 1.82) is 0 Å². The first-order valence-electron chi connectivity index (χ1n) is 8.10. The van der Waals surface area contributed by atoms with E-state index in [2.05, 4.69) is 10.3 Å². The van der Waals surface area contributed by atoms with E-state index in [9.17, 15) is 13.6 Å². The van der Waals surface area contributed by atoms with E-state index >= 15 is 0 Å². The molecule has 3 rings (SSSR count). The number of nitrogens with one attached hydrogen (secondary N) is 2. The average molecular weight is 342 g/mol. The van der Waals surface area contributed by atoms with Gasteiger partial charge in [0.1, 0.15) is 0 Å². The first kappa shape index (κ1) is 17.1. The van der Waals surface area contributed by atoms with E-state index in [0.717, 1.165) is 34.3 Å². The number of halogens is 2. The molecule has 0 saturated carbocycles. The summed E-state index contributed by atoms with van der Waals surface area (Å²) in [6.45, 7) is 6.46. The Morgan fingerprint density at radius 3 is 2.56 bits per heavy atom. The van der Waals surface area contributed by atoms with Gasteiger partial charge in [0.2, 0.25) is 0 Å². The second kappa shape index (κ2) is 6.31. The predicted molar refractivity (Wildman–Crippen MR) is 94.8 cm³/mol. The minimum Gasteiger partial charge on any atom is -0.358 e. The van der Waals surface area contributed by atoms with Crippen LogP contribution in [0.3, 0.4) is 0 Å². The largest absolute Gasteiger partial charge is 0.358 e. The van der Waals surface area contributed by atoms with Crippen molar-refractivity contribution in [1.82, 2.24) is 10.3 Å². The molecule has 0 atom stereocenters. The van der Waals surface area contributed by atoms with Gasteiger partial charge < -0.3 is 10.3 Å². The lowest BCUT2D eigenvalue weighted by atomic mass is 9.82. The van der Waals surface area contributed by atoms with Crippen LogP contribution in [0.1, 0.15) is 35.5 Å². The van der Waals surface area contributed by atoms with Crippen molar-refractivity contribution < 1.29 is 13.6 Å². The molecule has 1 heterocycles. The second-order valence-electron chi connectivity index (χ2n) is 6.87. The Hall–Kier alpha value is -2.69. The van der Waals surface area contributed by atoms with Crippen molar-refractivity contribution in [3.8, 4) is 0 Å². The molecule has 0 saturated heterocycles. The lowest BCUT2D eigenvalue weighted by molar-refractivity contribution is 0.0945. The van der Waals surface area contributed by atoms with Gasteiger partial charge in [0.15, 0.2) is 11.6 Å². The molecule has 2 N–H and O–H groups in total. The topological polar surface area (TPSA) is 44.9 Å². The van der Waals surface area contributed by atoms with Gasteiger partial charge >= 0.3 is 0 Å². The normalized spacial score (nSPS) is 11.7. The van der Waals surface area contributed by atoms with Gasteiger partial charge in [0.05, 0.1) is 0 Å². The summed E-state index contributed by atoms with van der Waals surface area (Å²) in [5.74, 6) is -2.42. The molecule has 0 aliphatic carbocycles. The van der Waals surface area contributed by atoms with E-state index in [-0.39, 0.29) is 11.0 Å². The average Bonchev–Trinajstić information content (AvgIpc) is 2.91. The fraction of sp³-hybridized carbons (Fsp3) is 0.250. The molecule has 0 unspecified atom stereocenters. The minimum absolute atomic E-state index is 0.102. The summed E-state index contributed by atoms with van der Waals surface area (Å²) in [5, 5.41) is 3.94. The standard InChI is InChI=1S/C20H20F2N2O/c1-12-18(14-6-4-5-7-17(14)24-12)20(2,3)11-23-19(25)13-8-9-15(21)16(22)10-13/h4-10,24H,11H2,1-3H3,(H,23,25). The van der Waals surface area contributed by atoms with Gasteiger partial charge in [-0.3, -0.25) is 4.79 Å². The lowest BCUT2D eigenvalue weighted by Crippen LogP contribution is -2.37. The molecule has 0 spiro atoms. The number of para-hydroxylation sites is 1. The molecule has 130 valence electrons. The summed E-state index contributed by atoms with van der Waals surface area (Å²) in [7, 11) is 0. The van der Waals surface area contributed by atoms with E-state index in [1.165, 1.54) is 6.07 Å². The number of amides is 1. The first-order chi connectivity index (χ1) is 11.8. The predicted octanol–water partition coefficient (Wildman–Crippen LogP) is 4.46. The molecule has 3 aromatic rings. The second-order valence-corrected chi connectivity index (χ2v) is 6.87. The van der Waals surface area contributed by atoms with Crippen LogP contribution in [-0.2, 0) is 5.41 Å². The Bertz CT molecular complexity index is 944. The number of fused-ring (bicyclic) bond motifs is 1. The Labute approximate surface area is 145 Å². The fourth-order valence-corrected chi connectivity index (χ4v) is 3.28. The summed E-state index contributed by atoms with van der Waals surface area (Å²) in [6, 6.07) is 11.2. The van der Waals surface area contributed by atoms with Crippen molar-refractivity contribution in [2.75, 3.05) is 6.54 Å². The number of carbonyl (C=O) groups is 1. The third-order valence-electron chi connectivity index (χ3n) is 4.44. The van der Waals surface area contributed by atoms with Crippen molar-refractivity contribution in [3.63, 3.8) is 0 Å². The number of aromatic amines is 1. The highest BCUT2D eigenvalue weighted by Gasteiger charge is 2.27. The Morgan fingerprint density at radius 2 is 1.84 bits per heavy atom. The van der Waals surface area contributed by atoms with E-state index < -0.39 is 17.5 Å². The van der Waals surface area contributed by atoms with E-state index in [1.807, 2.05) is 45.0 Å². The maximum atomic E-state index is 13.3. The number of carbonyl (C=O) groups excluding carboxylic acids is 1. The quantitative estimate of drug-likeness (QED) is 0.722. The molecule has 3 nitrogen and oxygen atoms in total. The molecular formula is C20H20F2N2O. The van der Waals surface area contributed by atoms with E-state index in [4.69, 9.17) is 0 Å². The van der Waals surface area contributed by atoms with Crippen LogP contribution < -0.4 is 5.32 Å². The number of hydrogen-bond acceptors (Lipinski definition) is 1. The zero-order valence-corrected chi connectivity index (χ0v) is 14.4. The van der Waals surface area contributed by atoms with Gasteiger partial charge in [-0.25, -0.2) is 8.78 Å². The van der Waals surface area contributed by atoms with Gasteiger partial charge in [0.25, 0.3) is 5.91 Å². The highest BCUT2D eigenvalue weighted by molar-refractivity contribution is 5.94. The number of H-pyrrole nitrogens is 1. The third kappa shape index (κ3) is 3.27. The molecule has 0 fully saturated rings. The van der Waals surface area contributed by atoms with Crippen LogP contribution in [0.15, 0.2) is 42.5 Å². The van der Waals surface area contributed by atoms with Crippen molar-refractivity contribution in [3.05, 3.63) is 70.9 Å². The number of aromatic nitrogens is 1. The SMILES string of the molecule is Cc1[nH]c2ccccc2c1C(C)(C)CNC(=O)c1ccc(F)c(F)c1. The number of aryl methyl sites for hydroxylation is 1. The van der Waals surface area contributed by atoms with Crippen LogP contribution in [0.4, 0.5) is 8.78 Å². The Morgan fingerprint density at radius 1 is 1.12 bits per heavy atom. The van der Waals surface area contributed by atoms with Gasteiger partial charge in [-0.15, -0.1) is 0 Å². The van der Waals surface area contributed by atoms with Gasteiger partial charge in [-0.1, -0.05) is 32.0 Å². The lowest BCUT2D eigenvalue weighted by Gasteiger charge is -2.26. The van der Waals surface area contributed by atoms with E-state index in [1.54, 1.807) is 0 Å². The summed E-state index contributed by atoms with van der Waals surface area (Å²) in [4.78, 5) is 15.6. The van der Waals surface area contributed by atoms with Crippen molar-refractivity contribution in [2.45, 2.75) is 26.2 Å². The molecule has 0 aliphatic rings. The Kier molecular flexibility index (Phi) is 4.33. The molecule has 1 aromatic heterocycles. The molecule has 5 heteroatoms. The van der Waals surface area contributed by atoms with Crippen LogP contribution in [0.2, 0.25) is 0 Å².